The summed E-state index contributed by atoms with van der Waals surface area (Å²) in [6.07, 6.45) is -3.85. The molecular weight excluding hydrogens is 409 g/mol. The molecule has 4 rings (SSSR count). The van der Waals surface area contributed by atoms with E-state index in [2.05, 4.69) is 15.2 Å². The summed E-state index contributed by atoms with van der Waals surface area (Å²) in [5, 5.41) is 7.37. The number of aromatic nitrogens is 3. The highest BCUT2D eigenvalue weighted by atomic mass is 35.5. The minimum absolute atomic E-state index is 0.0706. The molecule has 1 aliphatic heterocycles. The van der Waals surface area contributed by atoms with E-state index >= 15 is 0 Å². The van der Waals surface area contributed by atoms with Crippen LogP contribution in [0.3, 0.4) is 0 Å². The van der Waals surface area contributed by atoms with E-state index in [0.717, 1.165) is 10.4 Å². The number of hydrogen-bond donors (Lipinski definition) is 0. The third-order valence-electron chi connectivity index (χ3n) is 4.27. The largest absolute Gasteiger partial charge is 0.436 e. The number of fused-ring (bicyclic) bond motifs is 1. The minimum Gasteiger partial charge on any atom is -0.403 e. The normalized spacial score (nSPS) is 14.9. The fourth-order valence-corrected chi connectivity index (χ4v) is 3.16. The molecule has 2 aromatic carbocycles. The SMILES string of the molecule is Cc1cc(Cn2ncc(C(F)(F)F)n2)ccc1N=C1OC(=O)c2c(Cl)cccc21. The summed E-state index contributed by atoms with van der Waals surface area (Å²) < 4.78 is 43.1. The first-order chi connectivity index (χ1) is 13.7. The van der Waals surface area contributed by atoms with Crippen LogP contribution in [0, 0.1) is 6.92 Å². The van der Waals surface area contributed by atoms with E-state index in [0.29, 0.717) is 23.0 Å². The molecule has 0 amide bonds. The number of cyclic esters (lactones) is 1. The number of esters is 1. The topological polar surface area (TPSA) is 69.4 Å². The van der Waals surface area contributed by atoms with E-state index in [1.54, 1.807) is 43.3 Å². The predicted molar refractivity (Wildman–Crippen MR) is 98.4 cm³/mol. The number of aryl methyl sites for hydroxylation is 1. The van der Waals surface area contributed by atoms with E-state index < -0.39 is 17.8 Å². The van der Waals surface area contributed by atoms with Crippen LogP contribution in [0.4, 0.5) is 18.9 Å². The van der Waals surface area contributed by atoms with Crippen molar-refractivity contribution < 1.29 is 22.7 Å². The Morgan fingerprint density at radius 1 is 1.24 bits per heavy atom. The second-order valence-electron chi connectivity index (χ2n) is 6.35. The van der Waals surface area contributed by atoms with Crippen molar-refractivity contribution in [2.24, 2.45) is 4.99 Å². The van der Waals surface area contributed by atoms with Crippen LogP contribution in [0.5, 0.6) is 0 Å². The number of benzene rings is 2. The van der Waals surface area contributed by atoms with Crippen LogP contribution < -0.4 is 0 Å². The zero-order valence-electron chi connectivity index (χ0n) is 14.9. The highest BCUT2D eigenvalue weighted by molar-refractivity contribution is 6.36. The number of alkyl halides is 3. The van der Waals surface area contributed by atoms with E-state index in [-0.39, 0.29) is 23.0 Å². The minimum atomic E-state index is -4.54. The summed E-state index contributed by atoms with van der Waals surface area (Å²) in [5.74, 6) is -0.421. The van der Waals surface area contributed by atoms with Crippen LogP contribution in [-0.2, 0) is 17.5 Å². The van der Waals surface area contributed by atoms with Gasteiger partial charge in [0, 0.05) is 0 Å². The molecule has 0 saturated carbocycles. The summed E-state index contributed by atoms with van der Waals surface area (Å²) in [6.45, 7) is 1.86. The van der Waals surface area contributed by atoms with Crippen LogP contribution in [0.15, 0.2) is 47.6 Å². The van der Waals surface area contributed by atoms with Crippen LogP contribution in [-0.4, -0.2) is 26.9 Å². The van der Waals surface area contributed by atoms with Gasteiger partial charge >= 0.3 is 12.1 Å². The Morgan fingerprint density at radius 3 is 2.72 bits per heavy atom. The molecule has 0 bridgehead atoms. The van der Waals surface area contributed by atoms with E-state index in [1.165, 1.54) is 0 Å². The van der Waals surface area contributed by atoms with Gasteiger partial charge in [0.15, 0.2) is 5.69 Å². The Kier molecular flexibility index (Phi) is 4.62. The van der Waals surface area contributed by atoms with Crippen molar-refractivity contribution in [1.29, 1.82) is 0 Å². The molecule has 2 heterocycles. The average Bonchev–Trinajstić information content (AvgIpc) is 3.23. The molecule has 0 radical (unpaired) electrons. The molecule has 0 unspecified atom stereocenters. The maximum Gasteiger partial charge on any atom is 0.436 e. The number of ether oxygens (including phenoxy) is 1. The van der Waals surface area contributed by atoms with Gasteiger partial charge in [-0.15, -0.1) is 5.10 Å². The van der Waals surface area contributed by atoms with Gasteiger partial charge in [0.2, 0.25) is 5.90 Å². The number of carbonyl (C=O) groups excluding carboxylic acids is 1. The zero-order valence-corrected chi connectivity index (χ0v) is 15.6. The van der Waals surface area contributed by atoms with Crippen molar-refractivity contribution >= 4 is 29.2 Å². The average molecular weight is 421 g/mol. The fraction of sp³-hybridized carbons (Fsp3) is 0.158. The Bertz CT molecular complexity index is 1150. The Labute approximate surface area is 167 Å². The lowest BCUT2D eigenvalue weighted by atomic mass is 10.1. The van der Waals surface area contributed by atoms with Crippen LogP contribution in [0.1, 0.15) is 32.7 Å². The van der Waals surface area contributed by atoms with Gasteiger partial charge in [-0.3, -0.25) is 0 Å². The summed E-state index contributed by atoms with van der Waals surface area (Å²) in [5.41, 5.74) is 1.72. The van der Waals surface area contributed by atoms with Crippen LogP contribution >= 0.6 is 11.6 Å². The van der Waals surface area contributed by atoms with Gasteiger partial charge in [0.25, 0.3) is 0 Å². The quantitative estimate of drug-likeness (QED) is 0.583. The first kappa shape index (κ1) is 19.1. The molecule has 0 spiro atoms. The highest BCUT2D eigenvalue weighted by Crippen LogP contribution is 2.30. The number of rotatable bonds is 3. The Balaban J connectivity index is 1.59. The van der Waals surface area contributed by atoms with Crippen LogP contribution in [0.25, 0.3) is 0 Å². The fourth-order valence-electron chi connectivity index (χ4n) is 2.90. The molecule has 0 N–H and O–H groups in total. The second kappa shape index (κ2) is 7.00. The lowest BCUT2D eigenvalue weighted by molar-refractivity contribution is -0.141. The summed E-state index contributed by atoms with van der Waals surface area (Å²) in [4.78, 5) is 17.4. The van der Waals surface area contributed by atoms with Crippen LogP contribution in [0.2, 0.25) is 5.02 Å². The molecule has 29 heavy (non-hydrogen) atoms. The van der Waals surface area contributed by atoms with E-state index in [1.807, 2.05) is 0 Å². The maximum atomic E-state index is 12.6. The standard InChI is InChI=1S/C19H12ClF3N4O2/c1-10-7-11(9-27-24-8-15(26-27)19(21,22)23)5-6-14(10)25-17-12-3-2-4-13(20)16(12)18(28)29-17/h2-8H,9H2,1H3. The Hall–Kier alpha value is -3.20. The molecule has 10 heteroatoms. The van der Waals surface area contributed by atoms with Crippen molar-refractivity contribution in [3.63, 3.8) is 0 Å². The molecular formula is C19H12ClF3N4O2. The molecule has 0 saturated heterocycles. The number of nitrogens with zero attached hydrogens (tertiary/aromatic N) is 4. The van der Waals surface area contributed by atoms with Gasteiger partial charge in [-0.25, -0.2) is 9.79 Å². The van der Waals surface area contributed by atoms with Gasteiger partial charge in [0.1, 0.15) is 0 Å². The summed E-state index contributed by atoms with van der Waals surface area (Å²) >= 11 is 6.05. The first-order valence-corrected chi connectivity index (χ1v) is 8.77. The predicted octanol–water partition coefficient (Wildman–Crippen LogP) is 4.56. The Morgan fingerprint density at radius 2 is 2.03 bits per heavy atom. The third kappa shape index (κ3) is 3.73. The smallest absolute Gasteiger partial charge is 0.403 e. The third-order valence-corrected chi connectivity index (χ3v) is 4.59. The van der Waals surface area contributed by atoms with Crippen molar-refractivity contribution in [2.45, 2.75) is 19.6 Å². The lowest BCUT2D eigenvalue weighted by Crippen LogP contribution is -2.09. The molecule has 148 valence electrons. The molecule has 3 aromatic rings. The van der Waals surface area contributed by atoms with Crippen molar-refractivity contribution in [3.8, 4) is 0 Å². The molecule has 1 aliphatic rings. The van der Waals surface area contributed by atoms with Crippen molar-refractivity contribution in [2.75, 3.05) is 0 Å². The zero-order chi connectivity index (χ0) is 20.8. The van der Waals surface area contributed by atoms with Crippen molar-refractivity contribution in [1.82, 2.24) is 15.0 Å². The number of halogens is 4. The molecule has 1 aromatic heterocycles. The number of carbonyl (C=O) groups is 1. The van der Waals surface area contributed by atoms with E-state index in [4.69, 9.17) is 16.3 Å². The molecule has 0 fully saturated rings. The first-order valence-electron chi connectivity index (χ1n) is 8.39. The highest BCUT2D eigenvalue weighted by Gasteiger charge is 2.34. The van der Waals surface area contributed by atoms with Gasteiger partial charge in [-0.05, 0) is 36.2 Å². The van der Waals surface area contributed by atoms with Gasteiger partial charge in [-0.2, -0.15) is 23.1 Å². The lowest BCUT2D eigenvalue weighted by Gasteiger charge is -2.06. The van der Waals surface area contributed by atoms with Gasteiger partial charge in [0.05, 0.1) is 34.6 Å². The van der Waals surface area contributed by atoms with Gasteiger partial charge in [-0.1, -0.05) is 29.8 Å². The number of hydrogen-bond acceptors (Lipinski definition) is 5. The second-order valence-corrected chi connectivity index (χ2v) is 6.75. The summed E-state index contributed by atoms with van der Waals surface area (Å²) in [7, 11) is 0. The van der Waals surface area contributed by atoms with E-state index in [9.17, 15) is 18.0 Å². The summed E-state index contributed by atoms with van der Waals surface area (Å²) in [6, 6.07) is 10.1. The number of aliphatic imine (C=N–C) groups is 1. The van der Waals surface area contributed by atoms with Crippen molar-refractivity contribution in [3.05, 3.63) is 75.6 Å². The molecule has 0 atom stereocenters. The maximum absolute atomic E-state index is 12.6. The molecule has 6 nitrogen and oxygen atoms in total. The monoisotopic (exact) mass is 420 g/mol. The van der Waals surface area contributed by atoms with Gasteiger partial charge < -0.3 is 4.74 Å². The molecule has 0 aliphatic carbocycles.